The van der Waals surface area contributed by atoms with E-state index in [4.69, 9.17) is 9.47 Å². The molecule has 4 rings (SSSR count). The first kappa shape index (κ1) is 18.4. The maximum atomic E-state index is 12.9. The first-order valence-corrected chi connectivity index (χ1v) is 8.77. The third-order valence-electron chi connectivity index (χ3n) is 4.92. The number of fused-ring (bicyclic) bond motifs is 1. The summed E-state index contributed by atoms with van der Waals surface area (Å²) in [5, 5.41) is 0. The van der Waals surface area contributed by atoms with Crippen molar-refractivity contribution in [3.8, 4) is 5.75 Å². The van der Waals surface area contributed by atoms with Crippen LogP contribution in [0.15, 0.2) is 36.5 Å². The third-order valence-corrected chi connectivity index (χ3v) is 4.92. The molecule has 28 heavy (non-hydrogen) atoms. The van der Waals surface area contributed by atoms with Crippen LogP contribution in [0.3, 0.4) is 0 Å². The number of hydrogen-bond donors (Lipinski definition) is 0. The van der Waals surface area contributed by atoms with Gasteiger partial charge in [-0.15, -0.1) is 0 Å². The average Bonchev–Trinajstić information content (AvgIpc) is 2.65. The first-order chi connectivity index (χ1) is 13.4. The van der Waals surface area contributed by atoms with Crippen LogP contribution >= 0.6 is 0 Å². The standard InChI is InChI=1S/C19H18F3N3O3/c1-27-18(26)12-10-24(11-12)13-3-2-4-14(7-13)25-5-6-28-16-8-17(19(20,21)22)23-9-15(16)25/h2-4,7-9,12H,5-6,10-11H2,1H3. The number of carbonyl (C=O) groups excluding carboxylic acids is 1. The van der Waals surface area contributed by atoms with Gasteiger partial charge in [0.05, 0.1) is 25.8 Å². The molecule has 2 aliphatic heterocycles. The van der Waals surface area contributed by atoms with Crippen molar-refractivity contribution in [2.45, 2.75) is 6.18 Å². The van der Waals surface area contributed by atoms with Gasteiger partial charge in [-0.05, 0) is 18.2 Å². The van der Waals surface area contributed by atoms with Gasteiger partial charge in [0, 0.05) is 30.5 Å². The van der Waals surface area contributed by atoms with Crippen LogP contribution in [-0.4, -0.2) is 44.3 Å². The van der Waals surface area contributed by atoms with Gasteiger partial charge in [-0.3, -0.25) is 4.79 Å². The topological polar surface area (TPSA) is 54.9 Å². The van der Waals surface area contributed by atoms with E-state index in [1.54, 1.807) is 0 Å². The summed E-state index contributed by atoms with van der Waals surface area (Å²) in [6, 6.07) is 8.57. The van der Waals surface area contributed by atoms with Gasteiger partial charge in [-0.25, -0.2) is 4.98 Å². The number of halogens is 3. The van der Waals surface area contributed by atoms with Crippen molar-refractivity contribution < 1.29 is 27.4 Å². The zero-order chi connectivity index (χ0) is 19.9. The molecule has 3 heterocycles. The molecule has 0 atom stereocenters. The van der Waals surface area contributed by atoms with Crippen LogP contribution < -0.4 is 14.5 Å². The molecule has 1 aromatic carbocycles. The lowest BCUT2D eigenvalue weighted by Crippen LogP contribution is -2.50. The number of anilines is 3. The predicted molar refractivity (Wildman–Crippen MR) is 95.9 cm³/mol. The number of carbonyl (C=O) groups is 1. The van der Waals surface area contributed by atoms with Crippen LogP contribution in [-0.2, 0) is 15.7 Å². The van der Waals surface area contributed by atoms with Crippen LogP contribution in [0.1, 0.15) is 5.69 Å². The molecule has 1 fully saturated rings. The van der Waals surface area contributed by atoms with Crippen LogP contribution in [0.2, 0.25) is 0 Å². The number of pyridine rings is 1. The number of methoxy groups -OCH3 is 1. The smallest absolute Gasteiger partial charge is 0.433 e. The Labute approximate surface area is 159 Å². The zero-order valence-corrected chi connectivity index (χ0v) is 15.1. The Kier molecular flexibility index (Phi) is 4.52. The van der Waals surface area contributed by atoms with Gasteiger partial charge in [-0.1, -0.05) is 6.07 Å². The molecular formula is C19H18F3N3O3. The lowest BCUT2D eigenvalue weighted by molar-refractivity contribution is -0.146. The summed E-state index contributed by atoms with van der Waals surface area (Å²) in [4.78, 5) is 19.1. The molecule has 148 valence electrons. The minimum Gasteiger partial charge on any atom is -0.489 e. The van der Waals surface area contributed by atoms with Crippen molar-refractivity contribution in [2.24, 2.45) is 5.92 Å². The zero-order valence-electron chi connectivity index (χ0n) is 15.1. The predicted octanol–water partition coefficient (Wildman–Crippen LogP) is 3.24. The van der Waals surface area contributed by atoms with E-state index in [9.17, 15) is 18.0 Å². The Morgan fingerprint density at radius 3 is 2.71 bits per heavy atom. The van der Waals surface area contributed by atoms with Crippen molar-refractivity contribution in [1.29, 1.82) is 0 Å². The fraction of sp³-hybridized carbons (Fsp3) is 0.368. The highest BCUT2D eigenvalue weighted by atomic mass is 19.4. The van der Waals surface area contributed by atoms with Crippen LogP contribution in [0, 0.1) is 5.92 Å². The summed E-state index contributed by atoms with van der Waals surface area (Å²) >= 11 is 0. The summed E-state index contributed by atoms with van der Waals surface area (Å²) in [6.45, 7) is 1.92. The molecular weight excluding hydrogens is 375 g/mol. The van der Waals surface area contributed by atoms with Gasteiger partial charge < -0.3 is 19.3 Å². The molecule has 0 bridgehead atoms. The Morgan fingerprint density at radius 1 is 1.25 bits per heavy atom. The van der Waals surface area contributed by atoms with E-state index in [0.29, 0.717) is 25.3 Å². The molecule has 6 nitrogen and oxygen atoms in total. The van der Waals surface area contributed by atoms with Gasteiger partial charge in [0.25, 0.3) is 0 Å². The lowest BCUT2D eigenvalue weighted by Gasteiger charge is -2.40. The summed E-state index contributed by atoms with van der Waals surface area (Å²) in [5.74, 6) is -0.197. The van der Waals surface area contributed by atoms with E-state index in [0.717, 1.165) is 17.4 Å². The molecule has 0 aliphatic carbocycles. The quantitative estimate of drug-likeness (QED) is 0.747. The SMILES string of the molecule is COC(=O)C1CN(c2cccc(N3CCOc4cc(C(F)(F)F)ncc43)c2)C1. The van der Waals surface area contributed by atoms with Crippen molar-refractivity contribution in [1.82, 2.24) is 4.98 Å². The first-order valence-electron chi connectivity index (χ1n) is 8.77. The molecule has 0 unspecified atom stereocenters. The molecule has 0 N–H and O–H groups in total. The van der Waals surface area contributed by atoms with Crippen LogP contribution in [0.4, 0.5) is 30.2 Å². The molecule has 9 heteroatoms. The van der Waals surface area contributed by atoms with Crippen molar-refractivity contribution >= 4 is 23.0 Å². The maximum Gasteiger partial charge on any atom is 0.433 e. The number of esters is 1. The van der Waals surface area contributed by atoms with Gasteiger partial charge in [-0.2, -0.15) is 13.2 Å². The van der Waals surface area contributed by atoms with E-state index in [1.165, 1.54) is 13.3 Å². The van der Waals surface area contributed by atoms with Crippen molar-refractivity contribution in [2.75, 3.05) is 43.2 Å². The van der Waals surface area contributed by atoms with Gasteiger partial charge in [0.2, 0.25) is 0 Å². The van der Waals surface area contributed by atoms with Crippen LogP contribution in [0.25, 0.3) is 0 Å². The molecule has 1 aromatic heterocycles. The third kappa shape index (κ3) is 3.32. The molecule has 0 radical (unpaired) electrons. The molecule has 0 spiro atoms. The fourth-order valence-corrected chi connectivity index (χ4v) is 3.40. The highest BCUT2D eigenvalue weighted by Crippen LogP contribution is 2.40. The summed E-state index contributed by atoms with van der Waals surface area (Å²) in [7, 11) is 1.37. The van der Waals surface area contributed by atoms with E-state index in [-0.39, 0.29) is 24.2 Å². The Balaban J connectivity index is 1.57. The molecule has 2 aromatic rings. The van der Waals surface area contributed by atoms with Gasteiger partial charge >= 0.3 is 12.1 Å². The normalized spacial score (nSPS) is 16.9. The highest BCUT2D eigenvalue weighted by molar-refractivity contribution is 5.77. The number of hydrogen-bond acceptors (Lipinski definition) is 6. The second kappa shape index (κ2) is 6.88. The molecule has 2 aliphatic rings. The molecule has 0 saturated carbocycles. The minimum atomic E-state index is -4.52. The maximum absolute atomic E-state index is 12.9. The number of aromatic nitrogens is 1. The Morgan fingerprint density at radius 2 is 2.00 bits per heavy atom. The van der Waals surface area contributed by atoms with Gasteiger partial charge in [0.15, 0.2) is 0 Å². The minimum absolute atomic E-state index is 0.136. The monoisotopic (exact) mass is 393 g/mol. The number of benzene rings is 1. The van der Waals surface area contributed by atoms with Crippen molar-refractivity contribution in [3.63, 3.8) is 0 Å². The highest BCUT2D eigenvalue weighted by Gasteiger charge is 2.35. The summed E-state index contributed by atoms with van der Waals surface area (Å²) in [5.41, 5.74) is 1.28. The second-order valence-electron chi connectivity index (χ2n) is 6.68. The number of ether oxygens (including phenoxy) is 2. The van der Waals surface area contributed by atoms with E-state index < -0.39 is 11.9 Å². The molecule has 1 saturated heterocycles. The van der Waals surface area contributed by atoms with Gasteiger partial charge in [0.1, 0.15) is 23.7 Å². The number of nitrogens with zero attached hydrogens (tertiary/aromatic N) is 3. The second-order valence-corrected chi connectivity index (χ2v) is 6.68. The Bertz CT molecular complexity index is 897. The largest absolute Gasteiger partial charge is 0.489 e. The molecule has 0 amide bonds. The number of alkyl halides is 3. The van der Waals surface area contributed by atoms with E-state index in [2.05, 4.69) is 9.88 Å². The summed E-state index contributed by atoms with van der Waals surface area (Å²) in [6.07, 6.45) is -3.32. The number of rotatable bonds is 3. The Hall–Kier alpha value is -2.97. The van der Waals surface area contributed by atoms with E-state index >= 15 is 0 Å². The van der Waals surface area contributed by atoms with Crippen molar-refractivity contribution in [3.05, 3.63) is 42.2 Å². The van der Waals surface area contributed by atoms with Crippen LogP contribution in [0.5, 0.6) is 5.75 Å². The average molecular weight is 393 g/mol. The van der Waals surface area contributed by atoms with E-state index in [1.807, 2.05) is 29.2 Å². The summed E-state index contributed by atoms with van der Waals surface area (Å²) < 4.78 is 48.9. The fourth-order valence-electron chi connectivity index (χ4n) is 3.40. The lowest BCUT2D eigenvalue weighted by atomic mass is 9.99.